The largest absolute Gasteiger partial charge is 0.293 e. The SMILES string of the molecule is Cc1cc(C)cc(C(=O)CSc2ccccc2C)c1. The van der Waals surface area contributed by atoms with Crippen molar-refractivity contribution in [2.45, 2.75) is 25.7 Å². The van der Waals surface area contributed by atoms with Crippen molar-refractivity contribution >= 4 is 17.5 Å². The number of rotatable bonds is 4. The third-order valence-corrected chi connectivity index (χ3v) is 4.17. The van der Waals surface area contributed by atoms with Crippen molar-refractivity contribution in [1.29, 1.82) is 0 Å². The first-order chi connectivity index (χ1) is 9.06. The summed E-state index contributed by atoms with van der Waals surface area (Å²) in [6.07, 6.45) is 0. The lowest BCUT2D eigenvalue weighted by molar-refractivity contribution is 0.102. The van der Waals surface area contributed by atoms with Crippen molar-refractivity contribution in [3.8, 4) is 0 Å². The van der Waals surface area contributed by atoms with Crippen LogP contribution in [0.2, 0.25) is 0 Å². The van der Waals surface area contributed by atoms with Gasteiger partial charge in [0.25, 0.3) is 0 Å². The molecule has 0 aliphatic carbocycles. The molecule has 0 aliphatic heterocycles. The number of thioether (sulfide) groups is 1. The Labute approximate surface area is 119 Å². The van der Waals surface area contributed by atoms with Gasteiger partial charge in [0.1, 0.15) is 0 Å². The van der Waals surface area contributed by atoms with Crippen molar-refractivity contribution in [3.63, 3.8) is 0 Å². The summed E-state index contributed by atoms with van der Waals surface area (Å²) in [6, 6.07) is 14.2. The third kappa shape index (κ3) is 3.71. The molecule has 0 amide bonds. The van der Waals surface area contributed by atoms with Gasteiger partial charge < -0.3 is 0 Å². The molecule has 0 radical (unpaired) electrons. The van der Waals surface area contributed by atoms with Gasteiger partial charge in [0.2, 0.25) is 0 Å². The summed E-state index contributed by atoms with van der Waals surface area (Å²) < 4.78 is 0. The molecule has 0 unspecified atom stereocenters. The van der Waals surface area contributed by atoms with Crippen LogP contribution < -0.4 is 0 Å². The van der Waals surface area contributed by atoms with Crippen LogP contribution in [-0.4, -0.2) is 11.5 Å². The Balaban J connectivity index is 2.08. The molecule has 0 heterocycles. The van der Waals surface area contributed by atoms with Crippen LogP contribution in [0, 0.1) is 20.8 Å². The quantitative estimate of drug-likeness (QED) is 0.597. The zero-order chi connectivity index (χ0) is 13.8. The van der Waals surface area contributed by atoms with Crippen LogP contribution in [0.5, 0.6) is 0 Å². The van der Waals surface area contributed by atoms with E-state index in [1.807, 2.05) is 38.1 Å². The van der Waals surface area contributed by atoms with E-state index in [-0.39, 0.29) is 5.78 Å². The number of aryl methyl sites for hydroxylation is 3. The zero-order valence-corrected chi connectivity index (χ0v) is 12.4. The van der Waals surface area contributed by atoms with E-state index in [2.05, 4.69) is 25.1 Å². The number of carbonyl (C=O) groups is 1. The van der Waals surface area contributed by atoms with Gasteiger partial charge in [-0.25, -0.2) is 0 Å². The number of benzene rings is 2. The van der Waals surface area contributed by atoms with Crippen LogP contribution in [0.1, 0.15) is 27.0 Å². The summed E-state index contributed by atoms with van der Waals surface area (Å²) >= 11 is 1.61. The van der Waals surface area contributed by atoms with E-state index in [9.17, 15) is 4.79 Å². The van der Waals surface area contributed by atoms with Crippen molar-refractivity contribution in [2.75, 3.05) is 5.75 Å². The van der Waals surface area contributed by atoms with Crippen LogP contribution >= 0.6 is 11.8 Å². The molecule has 0 N–H and O–H groups in total. The third-order valence-electron chi connectivity index (χ3n) is 3.00. The lowest BCUT2D eigenvalue weighted by Gasteiger charge is -2.06. The molecule has 0 aromatic heterocycles. The lowest BCUT2D eigenvalue weighted by atomic mass is 10.1. The molecule has 2 aromatic carbocycles. The van der Waals surface area contributed by atoms with E-state index in [4.69, 9.17) is 0 Å². The van der Waals surface area contributed by atoms with Crippen molar-refractivity contribution < 1.29 is 4.79 Å². The Bertz CT molecular complexity index is 582. The Morgan fingerprint density at radius 3 is 2.26 bits per heavy atom. The van der Waals surface area contributed by atoms with E-state index < -0.39 is 0 Å². The van der Waals surface area contributed by atoms with Crippen molar-refractivity contribution in [3.05, 3.63) is 64.7 Å². The molecule has 2 aromatic rings. The molecular formula is C17H18OS. The van der Waals surface area contributed by atoms with E-state index in [0.29, 0.717) is 5.75 Å². The predicted molar refractivity (Wildman–Crippen MR) is 82.1 cm³/mol. The van der Waals surface area contributed by atoms with Gasteiger partial charge in [-0.2, -0.15) is 0 Å². The van der Waals surface area contributed by atoms with Crippen molar-refractivity contribution in [1.82, 2.24) is 0 Å². The summed E-state index contributed by atoms with van der Waals surface area (Å²) in [5, 5.41) is 0. The molecule has 19 heavy (non-hydrogen) atoms. The van der Waals surface area contributed by atoms with E-state index in [0.717, 1.165) is 16.7 Å². The highest BCUT2D eigenvalue weighted by Crippen LogP contribution is 2.23. The highest BCUT2D eigenvalue weighted by molar-refractivity contribution is 8.00. The summed E-state index contributed by atoms with van der Waals surface area (Å²) in [7, 11) is 0. The Hall–Kier alpha value is -1.54. The zero-order valence-electron chi connectivity index (χ0n) is 11.6. The van der Waals surface area contributed by atoms with Gasteiger partial charge >= 0.3 is 0 Å². The van der Waals surface area contributed by atoms with Crippen LogP contribution in [-0.2, 0) is 0 Å². The first-order valence-corrected chi connectivity index (χ1v) is 7.35. The minimum atomic E-state index is 0.194. The normalized spacial score (nSPS) is 10.5. The fourth-order valence-corrected chi connectivity index (χ4v) is 3.00. The predicted octanol–water partition coefficient (Wildman–Crippen LogP) is 4.59. The van der Waals surface area contributed by atoms with Gasteiger partial charge in [-0.05, 0) is 44.5 Å². The molecule has 0 saturated heterocycles. The second kappa shape index (κ2) is 6.07. The number of hydrogen-bond acceptors (Lipinski definition) is 2. The van der Waals surface area contributed by atoms with E-state index >= 15 is 0 Å². The maximum Gasteiger partial charge on any atom is 0.173 e. The van der Waals surface area contributed by atoms with Crippen LogP contribution in [0.4, 0.5) is 0 Å². The summed E-state index contributed by atoms with van der Waals surface area (Å²) in [5.74, 6) is 0.688. The van der Waals surface area contributed by atoms with Gasteiger partial charge in [-0.1, -0.05) is 35.4 Å². The average molecular weight is 270 g/mol. The maximum absolute atomic E-state index is 12.2. The van der Waals surface area contributed by atoms with E-state index in [1.54, 1.807) is 11.8 Å². The highest BCUT2D eigenvalue weighted by atomic mass is 32.2. The van der Waals surface area contributed by atoms with Gasteiger partial charge in [0.05, 0.1) is 5.75 Å². The van der Waals surface area contributed by atoms with Gasteiger partial charge in [-0.3, -0.25) is 4.79 Å². The van der Waals surface area contributed by atoms with Gasteiger partial charge in [0.15, 0.2) is 5.78 Å². The molecule has 1 nitrogen and oxygen atoms in total. The van der Waals surface area contributed by atoms with Crippen LogP contribution in [0.25, 0.3) is 0 Å². The maximum atomic E-state index is 12.2. The summed E-state index contributed by atoms with van der Waals surface area (Å²) in [4.78, 5) is 13.4. The molecule has 0 saturated carbocycles. The second-order valence-corrected chi connectivity index (χ2v) is 5.87. The van der Waals surface area contributed by atoms with Crippen LogP contribution in [0.3, 0.4) is 0 Å². The topological polar surface area (TPSA) is 17.1 Å². The smallest absolute Gasteiger partial charge is 0.173 e. The van der Waals surface area contributed by atoms with E-state index in [1.165, 1.54) is 10.5 Å². The first-order valence-electron chi connectivity index (χ1n) is 6.36. The molecule has 0 atom stereocenters. The number of hydrogen-bond donors (Lipinski definition) is 0. The summed E-state index contributed by atoms with van der Waals surface area (Å²) in [6.45, 7) is 6.13. The first kappa shape index (κ1) is 13.9. The molecule has 0 aliphatic rings. The molecule has 0 fully saturated rings. The summed E-state index contributed by atoms with van der Waals surface area (Å²) in [5.41, 5.74) is 4.33. The lowest BCUT2D eigenvalue weighted by Crippen LogP contribution is -2.03. The fraction of sp³-hybridized carbons (Fsp3) is 0.235. The Morgan fingerprint density at radius 2 is 1.63 bits per heavy atom. The Kier molecular flexibility index (Phi) is 4.43. The van der Waals surface area contributed by atoms with Crippen molar-refractivity contribution in [2.24, 2.45) is 0 Å². The highest BCUT2D eigenvalue weighted by Gasteiger charge is 2.08. The molecule has 98 valence electrons. The average Bonchev–Trinajstić information content (AvgIpc) is 2.36. The van der Waals surface area contributed by atoms with Gasteiger partial charge in [0, 0.05) is 10.5 Å². The van der Waals surface area contributed by atoms with Gasteiger partial charge in [-0.15, -0.1) is 11.8 Å². The second-order valence-electron chi connectivity index (χ2n) is 4.85. The molecule has 2 heteroatoms. The molecular weight excluding hydrogens is 252 g/mol. The number of ketones is 1. The fourth-order valence-electron chi connectivity index (χ4n) is 2.08. The minimum Gasteiger partial charge on any atom is -0.293 e. The van der Waals surface area contributed by atoms with Crippen LogP contribution in [0.15, 0.2) is 47.4 Å². The number of carbonyl (C=O) groups excluding carboxylic acids is 1. The standard InChI is InChI=1S/C17H18OS/c1-12-8-13(2)10-15(9-12)16(18)11-19-17-7-5-4-6-14(17)3/h4-10H,11H2,1-3H3. The minimum absolute atomic E-state index is 0.194. The number of Topliss-reactive ketones (excluding diaryl/α,β-unsaturated/α-hetero) is 1. The molecule has 0 spiro atoms. The Morgan fingerprint density at radius 1 is 1.00 bits per heavy atom. The monoisotopic (exact) mass is 270 g/mol. The molecule has 0 bridgehead atoms. The molecule has 2 rings (SSSR count).